The minimum atomic E-state index is -1.02. The third-order valence-electron chi connectivity index (χ3n) is 5.16. The van der Waals surface area contributed by atoms with Crippen LogP contribution in [0.2, 0.25) is 0 Å². The van der Waals surface area contributed by atoms with Crippen LogP contribution < -0.4 is 4.90 Å². The molecular weight excluding hydrogens is 390 g/mol. The SMILES string of the molecule is Cc1ccc(N2C(=O)c3cnc4c(c(C)nn4-c4ccc(F)c(F)c4)c3C2=O)cc1. The molecule has 3 heterocycles. The number of fused-ring (bicyclic) bond motifs is 3. The van der Waals surface area contributed by atoms with Crippen molar-refractivity contribution in [3.63, 3.8) is 0 Å². The highest BCUT2D eigenvalue weighted by Gasteiger charge is 2.40. The Hall–Kier alpha value is -3.94. The Morgan fingerprint density at radius 3 is 2.27 bits per heavy atom. The molecule has 5 rings (SSSR count). The number of benzene rings is 2. The molecule has 0 saturated heterocycles. The number of nitrogens with zero attached hydrogens (tertiary/aromatic N) is 4. The number of amides is 2. The average Bonchev–Trinajstić information content (AvgIpc) is 3.19. The van der Waals surface area contributed by atoms with Gasteiger partial charge in [0.05, 0.1) is 33.6 Å². The van der Waals surface area contributed by atoms with Crippen molar-refractivity contribution in [1.82, 2.24) is 14.8 Å². The van der Waals surface area contributed by atoms with Gasteiger partial charge in [-0.3, -0.25) is 9.59 Å². The second-order valence-corrected chi connectivity index (χ2v) is 7.12. The van der Waals surface area contributed by atoms with Crippen molar-refractivity contribution in [3.05, 3.63) is 82.7 Å². The van der Waals surface area contributed by atoms with Gasteiger partial charge < -0.3 is 0 Å². The van der Waals surface area contributed by atoms with Crippen LogP contribution in [0.3, 0.4) is 0 Å². The van der Waals surface area contributed by atoms with E-state index >= 15 is 0 Å². The van der Waals surface area contributed by atoms with Gasteiger partial charge >= 0.3 is 0 Å². The smallest absolute Gasteiger partial charge is 0.267 e. The first kappa shape index (κ1) is 18.1. The molecule has 0 unspecified atom stereocenters. The highest BCUT2D eigenvalue weighted by Crippen LogP contribution is 2.34. The third-order valence-corrected chi connectivity index (χ3v) is 5.16. The van der Waals surface area contributed by atoms with Crippen LogP contribution in [0.4, 0.5) is 14.5 Å². The van der Waals surface area contributed by atoms with Crippen LogP contribution in [0.5, 0.6) is 0 Å². The van der Waals surface area contributed by atoms with Crippen molar-refractivity contribution in [3.8, 4) is 5.69 Å². The first-order valence-electron chi connectivity index (χ1n) is 9.16. The summed E-state index contributed by atoms with van der Waals surface area (Å²) in [5.74, 6) is -2.94. The second-order valence-electron chi connectivity index (χ2n) is 7.12. The number of aryl methyl sites for hydroxylation is 2. The van der Waals surface area contributed by atoms with Crippen LogP contribution in [0, 0.1) is 25.5 Å². The summed E-state index contributed by atoms with van der Waals surface area (Å²) in [5.41, 5.74) is 2.84. The topological polar surface area (TPSA) is 68.1 Å². The molecule has 0 fully saturated rings. The molecule has 2 aromatic heterocycles. The Balaban J connectivity index is 1.70. The molecule has 0 atom stereocenters. The molecule has 0 aliphatic carbocycles. The summed E-state index contributed by atoms with van der Waals surface area (Å²) in [6, 6.07) is 10.4. The Morgan fingerprint density at radius 2 is 1.57 bits per heavy atom. The van der Waals surface area contributed by atoms with Crippen LogP contribution in [0.15, 0.2) is 48.7 Å². The summed E-state index contributed by atoms with van der Waals surface area (Å²) in [6.07, 6.45) is 1.32. The van der Waals surface area contributed by atoms with E-state index < -0.39 is 23.4 Å². The lowest BCUT2D eigenvalue weighted by Gasteiger charge is -2.13. The Kier molecular flexibility index (Phi) is 3.79. The fraction of sp³-hybridized carbons (Fsp3) is 0.0909. The minimum absolute atomic E-state index is 0.181. The molecule has 0 N–H and O–H groups in total. The van der Waals surface area contributed by atoms with E-state index in [0.717, 1.165) is 22.6 Å². The number of pyridine rings is 1. The zero-order valence-corrected chi connectivity index (χ0v) is 16.0. The molecule has 2 aromatic carbocycles. The maximum Gasteiger partial charge on any atom is 0.267 e. The van der Waals surface area contributed by atoms with Gasteiger partial charge in [0.1, 0.15) is 0 Å². The number of hydrogen-bond donors (Lipinski definition) is 0. The first-order valence-corrected chi connectivity index (χ1v) is 9.16. The lowest BCUT2D eigenvalue weighted by atomic mass is 10.1. The van der Waals surface area contributed by atoms with Gasteiger partial charge in [-0.05, 0) is 38.1 Å². The lowest BCUT2D eigenvalue weighted by Crippen LogP contribution is -2.29. The zero-order chi connectivity index (χ0) is 21.2. The molecule has 148 valence electrons. The summed E-state index contributed by atoms with van der Waals surface area (Å²) in [4.78, 5) is 31.6. The van der Waals surface area contributed by atoms with Gasteiger partial charge in [0.15, 0.2) is 17.3 Å². The largest absolute Gasteiger partial charge is 0.268 e. The van der Waals surface area contributed by atoms with Gasteiger partial charge in [0.25, 0.3) is 11.8 Å². The molecule has 4 aromatic rings. The van der Waals surface area contributed by atoms with Gasteiger partial charge in [-0.1, -0.05) is 17.7 Å². The predicted octanol–water partition coefficient (Wildman–Crippen LogP) is 4.12. The molecule has 30 heavy (non-hydrogen) atoms. The quantitative estimate of drug-likeness (QED) is 0.472. The van der Waals surface area contributed by atoms with Crippen molar-refractivity contribution in [1.29, 1.82) is 0 Å². The number of carbonyl (C=O) groups excluding carboxylic acids is 2. The lowest BCUT2D eigenvalue weighted by molar-refractivity contribution is 0.0926. The monoisotopic (exact) mass is 404 g/mol. The van der Waals surface area contributed by atoms with E-state index in [9.17, 15) is 18.4 Å². The van der Waals surface area contributed by atoms with Gasteiger partial charge in [-0.15, -0.1) is 0 Å². The molecular formula is C22H14F2N4O2. The molecule has 2 amide bonds. The fourth-order valence-corrected chi connectivity index (χ4v) is 3.69. The van der Waals surface area contributed by atoms with E-state index in [0.29, 0.717) is 16.8 Å². The Morgan fingerprint density at radius 1 is 0.867 bits per heavy atom. The Labute approximate surface area is 169 Å². The van der Waals surface area contributed by atoms with Crippen LogP contribution >= 0.6 is 0 Å². The Bertz CT molecular complexity index is 1380. The number of aromatic nitrogens is 3. The number of anilines is 1. The highest BCUT2D eigenvalue weighted by atomic mass is 19.2. The van der Waals surface area contributed by atoms with Gasteiger partial charge in [-0.2, -0.15) is 5.10 Å². The van der Waals surface area contributed by atoms with Gasteiger partial charge in [0.2, 0.25) is 0 Å². The fourth-order valence-electron chi connectivity index (χ4n) is 3.69. The molecule has 8 heteroatoms. The number of halogens is 2. The van der Waals surface area contributed by atoms with E-state index in [1.807, 2.05) is 19.1 Å². The second kappa shape index (κ2) is 6.28. The molecule has 0 bridgehead atoms. The van der Waals surface area contributed by atoms with Crippen molar-refractivity contribution < 1.29 is 18.4 Å². The number of imide groups is 1. The summed E-state index contributed by atoms with van der Waals surface area (Å²) in [5, 5.41) is 4.77. The van der Waals surface area contributed by atoms with Gasteiger partial charge in [0, 0.05) is 12.3 Å². The maximum atomic E-state index is 13.7. The number of carbonyl (C=O) groups is 2. The predicted molar refractivity (Wildman–Crippen MR) is 106 cm³/mol. The van der Waals surface area contributed by atoms with Crippen molar-refractivity contribution >= 4 is 28.5 Å². The third kappa shape index (κ3) is 2.46. The van der Waals surface area contributed by atoms with E-state index in [1.165, 1.54) is 16.9 Å². The zero-order valence-electron chi connectivity index (χ0n) is 16.0. The highest BCUT2D eigenvalue weighted by molar-refractivity contribution is 6.37. The summed E-state index contributed by atoms with van der Waals surface area (Å²) < 4.78 is 28.4. The van der Waals surface area contributed by atoms with Crippen molar-refractivity contribution in [2.45, 2.75) is 13.8 Å². The molecule has 0 radical (unpaired) electrons. The van der Waals surface area contributed by atoms with E-state index in [-0.39, 0.29) is 22.5 Å². The molecule has 0 saturated carbocycles. The molecule has 1 aliphatic heterocycles. The number of hydrogen-bond acceptors (Lipinski definition) is 4. The average molecular weight is 404 g/mol. The van der Waals surface area contributed by atoms with Crippen LogP contribution in [0.25, 0.3) is 16.7 Å². The first-order chi connectivity index (χ1) is 14.4. The number of rotatable bonds is 2. The minimum Gasteiger partial charge on any atom is -0.268 e. The standard InChI is InChI=1S/C22H14F2N4O2/c1-11-3-5-13(6-4-11)27-21(29)15-10-25-20-18(19(15)22(27)30)12(2)26-28(20)14-7-8-16(23)17(24)9-14/h3-10H,1-2H3. The normalized spacial score (nSPS) is 13.4. The van der Waals surface area contributed by atoms with Crippen molar-refractivity contribution in [2.24, 2.45) is 0 Å². The summed E-state index contributed by atoms with van der Waals surface area (Å²) in [7, 11) is 0. The van der Waals surface area contributed by atoms with E-state index in [2.05, 4.69) is 10.1 Å². The van der Waals surface area contributed by atoms with Gasteiger partial charge in [-0.25, -0.2) is 23.3 Å². The summed E-state index contributed by atoms with van der Waals surface area (Å²) in [6.45, 7) is 3.59. The van der Waals surface area contributed by atoms with Crippen LogP contribution in [-0.4, -0.2) is 26.6 Å². The molecule has 6 nitrogen and oxygen atoms in total. The van der Waals surface area contributed by atoms with Crippen LogP contribution in [0.1, 0.15) is 32.0 Å². The van der Waals surface area contributed by atoms with Crippen molar-refractivity contribution in [2.75, 3.05) is 4.90 Å². The van der Waals surface area contributed by atoms with Crippen LogP contribution in [-0.2, 0) is 0 Å². The van der Waals surface area contributed by atoms with E-state index in [4.69, 9.17) is 0 Å². The maximum absolute atomic E-state index is 13.7. The molecule has 1 aliphatic rings. The summed E-state index contributed by atoms with van der Waals surface area (Å²) >= 11 is 0. The van der Waals surface area contributed by atoms with E-state index in [1.54, 1.807) is 19.1 Å². The molecule has 0 spiro atoms.